The van der Waals surface area contributed by atoms with Crippen molar-refractivity contribution in [2.45, 2.75) is 59.7 Å². The van der Waals surface area contributed by atoms with Gasteiger partial charge < -0.3 is 5.32 Å². The van der Waals surface area contributed by atoms with Crippen molar-refractivity contribution in [3.8, 4) is 0 Å². The van der Waals surface area contributed by atoms with Gasteiger partial charge in [0.25, 0.3) is 0 Å². The number of hydrogen-bond donors (Lipinski definition) is 1. The van der Waals surface area contributed by atoms with Gasteiger partial charge in [0, 0.05) is 18.6 Å². The maximum Gasteiger partial charge on any atom is 0.241 e. The van der Waals surface area contributed by atoms with E-state index >= 15 is 0 Å². The molecule has 0 saturated carbocycles. The molecule has 0 aromatic heterocycles. The summed E-state index contributed by atoms with van der Waals surface area (Å²) >= 11 is 0. The number of carbonyl (C=O) groups is 1. The molecular weight excluding hydrogens is 260 g/mol. The van der Waals surface area contributed by atoms with Gasteiger partial charge in [0.1, 0.15) is 6.04 Å². The fourth-order valence-electron chi connectivity index (χ4n) is 2.69. The summed E-state index contributed by atoms with van der Waals surface area (Å²) in [6.45, 7) is 13.5. The van der Waals surface area contributed by atoms with Crippen LogP contribution in [0.25, 0.3) is 0 Å². The lowest BCUT2D eigenvalue weighted by atomic mass is 10.0. The standard InChI is InChI=1S/C18H30N2O/c1-13(2)12-19-18(21)17(16-10-8-7-9-11-16)20(14(3)4)15(5)6/h7-11,13-15,17H,12H2,1-6H3,(H,19,21). The molecule has 0 aliphatic carbocycles. The largest absolute Gasteiger partial charge is 0.354 e. The number of rotatable bonds is 7. The van der Waals surface area contributed by atoms with E-state index in [9.17, 15) is 4.79 Å². The number of nitrogens with zero attached hydrogens (tertiary/aromatic N) is 1. The Bertz CT molecular complexity index is 418. The van der Waals surface area contributed by atoms with Gasteiger partial charge in [-0.25, -0.2) is 0 Å². The van der Waals surface area contributed by atoms with Gasteiger partial charge in [-0.2, -0.15) is 0 Å². The third kappa shape index (κ3) is 5.16. The van der Waals surface area contributed by atoms with Gasteiger partial charge in [-0.05, 0) is 39.2 Å². The Morgan fingerprint density at radius 3 is 1.95 bits per heavy atom. The van der Waals surface area contributed by atoms with Crippen LogP contribution >= 0.6 is 0 Å². The van der Waals surface area contributed by atoms with Crippen LogP contribution in [0, 0.1) is 5.92 Å². The molecule has 3 heteroatoms. The van der Waals surface area contributed by atoms with Gasteiger partial charge in [-0.1, -0.05) is 44.2 Å². The molecule has 0 bridgehead atoms. The number of hydrogen-bond acceptors (Lipinski definition) is 2. The minimum atomic E-state index is -0.232. The summed E-state index contributed by atoms with van der Waals surface area (Å²) in [6.07, 6.45) is 0. The van der Waals surface area contributed by atoms with Crippen molar-refractivity contribution in [1.82, 2.24) is 10.2 Å². The molecule has 0 radical (unpaired) electrons. The van der Waals surface area contributed by atoms with Gasteiger partial charge in [0.2, 0.25) is 5.91 Å². The molecule has 1 amide bonds. The Hall–Kier alpha value is -1.35. The lowest BCUT2D eigenvalue weighted by Crippen LogP contribution is -2.47. The van der Waals surface area contributed by atoms with Crippen molar-refractivity contribution >= 4 is 5.91 Å². The van der Waals surface area contributed by atoms with E-state index in [0.29, 0.717) is 24.5 Å². The van der Waals surface area contributed by atoms with Crippen LogP contribution in [-0.2, 0) is 4.79 Å². The van der Waals surface area contributed by atoms with E-state index in [1.54, 1.807) is 0 Å². The molecular formula is C18H30N2O. The highest BCUT2D eigenvalue weighted by Gasteiger charge is 2.31. The van der Waals surface area contributed by atoms with Crippen molar-refractivity contribution < 1.29 is 4.79 Å². The molecule has 0 spiro atoms. The van der Waals surface area contributed by atoms with Crippen LogP contribution in [0.15, 0.2) is 30.3 Å². The number of amides is 1. The summed E-state index contributed by atoms with van der Waals surface area (Å²) in [5.74, 6) is 0.550. The van der Waals surface area contributed by atoms with E-state index in [-0.39, 0.29) is 11.9 Å². The number of benzene rings is 1. The Morgan fingerprint density at radius 2 is 1.52 bits per heavy atom. The molecule has 3 nitrogen and oxygen atoms in total. The van der Waals surface area contributed by atoms with Gasteiger partial charge >= 0.3 is 0 Å². The molecule has 1 atom stereocenters. The molecule has 1 unspecified atom stereocenters. The van der Waals surface area contributed by atoms with Crippen LogP contribution in [0.5, 0.6) is 0 Å². The Balaban J connectivity index is 3.07. The van der Waals surface area contributed by atoms with Crippen LogP contribution in [0.4, 0.5) is 0 Å². The van der Waals surface area contributed by atoms with E-state index < -0.39 is 0 Å². The van der Waals surface area contributed by atoms with E-state index in [0.717, 1.165) is 5.56 Å². The molecule has 0 aliphatic rings. The second kappa shape index (κ2) is 8.18. The third-order valence-corrected chi connectivity index (χ3v) is 3.54. The van der Waals surface area contributed by atoms with E-state index in [1.807, 2.05) is 30.3 Å². The van der Waals surface area contributed by atoms with Crippen molar-refractivity contribution in [3.63, 3.8) is 0 Å². The smallest absolute Gasteiger partial charge is 0.241 e. The van der Waals surface area contributed by atoms with Crippen molar-refractivity contribution in [1.29, 1.82) is 0 Å². The fraction of sp³-hybridized carbons (Fsp3) is 0.611. The topological polar surface area (TPSA) is 32.3 Å². The average molecular weight is 290 g/mol. The summed E-state index contributed by atoms with van der Waals surface area (Å²) in [5.41, 5.74) is 1.06. The molecule has 1 aromatic rings. The predicted octanol–water partition coefficient (Wildman–Crippen LogP) is 3.62. The third-order valence-electron chi connectivity index (χ3n) is 3.54. The minimum absolute atomic E-state index is 0.0947. The Kier molecular flexibility index (Phi) is 6.90. The first-order valence-electron chi connectivity index (χ1n) is 7.94. The van der Waals surface area contributed by atoms with Gasteiger partial charge in [-0.3, -0.25) is 9.69 Å². The highest BCUT2D eigenvalue weighted by atomic mass is 16.2. The molecule has 1 N–H and O–H groups in total. The molecule has 21 heavy (non-hydrogen) atoms. The molecule has 1 aromatic carbocycles. The summed E-state index contributed by atoms with van der Waals surface area (Å²) in [6, 6.07) is 10.4. The fourth-order valence-corrected chi connectivity index (χ4v) is 2.69. The normalized spacial score (nSPS) is 13.2. The zero-order chi connectivity index (χ0) is 16.0. The summed E-state index contributed by atoms with van der Waals surface area (Å²) in [5, 5.41) is 3.09. The van der Waals surface area contributed by atoms with Crippen LogP contribution in [-0.4, -0.2) is 29.4 Å². The summed E-state index contributed by atoms with van der Waals surface area (Å²) in [4.78, 5) is 15.0. The van der Waals surface area contributed by atoms with Crippen LogP contribution in [0.3, 0.4) is 0 Å². The molecule has 118 valence electrons. The lowest BCUT2D eigenvalue weighted by Gasteiger charge is -2.37. The minimum Gasteiger partial charge on any atom is -0.354 e. The highest BCUT2D eigenvalue weighted by molar-refractivity contribution is 5.83. The molecule has 1 rings (SSSR count). The lowest BCUT2D eigenvalue weighted by molar-refractivity contribution is -0.128. The first-order valence-corrected chi connectivity index (χ1v) is 7.94. The SMILES string of the molecule is CC(C)CNC(=O)C(c1ccccc1)N(C(C)C)C(C)C. The van der Waals surface area contributed by atoms with E-state index in [4.69, 9.17) is 0 Å². The van der Waals surface area contributed by atoms with Crippen molar-refractivity contribution in [2.24, 2.45) is 5.92 Å². The van der Waals surface area contributed by atoms with E-state index in [2.05, 4.69) is 51.8 Å². The first-order chi connectivity index (χ1) is 9.84. The zero-order valence-electron chi connectivity index (χ0n) is 14.3. The van der Waals surface area contributed by atoms with Gasteiger partial charge in [0.05, 0.1) is 0 Å². The summed E-state index contributed by atoms with van der Waals surface area (Å²) in [7, 11) is 0. The van der Waals surface area contributed by atoms with Gasteiger partial charge in [0.15, 0.2) is 0 Å². The maximum absolute atomic E-state index is 12.7. The second-order valence-corrected chi connectivity index (χ2v) is 6.59. The average Bonchev–Trinajstić information content (AvgIpc) is 2.42. The van der Waals surface area contributed by atoms with Crippen molar-refractivity contribution in [3.05, 3.63) is 35.9 Å². The quantitative estimate of drug-likeness (QED) is 0.832. The molecule has 0 aliphatic heterocycles. The first kappa shape index (κ1) is 17.7. The maximum atomic E-state index is 12.7. The Labute approximate surface area is 129 Å². The van der Waals surface area contributed by atoms with Crippen LogP contribution in [0.1, 0.15) is 53.1 Å². The highest BCUT2D eigenvalue weighted by Crippen LogP contribution is 2.25. The molecule has 0 heterocycles. The molecule has 0 saturated heterocycles. The van der Waals surface area contributed by atoms with Crippen molar-refractivity contribution in [2.75, 3.05) is 6.54 Å². The predicted molar refractivity (Wildman–Crippen MR) is 89.1 cm³/mol. The number of carbonyl (C=O) groups excluding carboxylic acids is 1. The number of nitrogens with one attached hydrogen (secondary N) is 1. The monoisotopic (exact) mass is 290 g/mol. The zero-order valence-corrected chi connectivity index (χ0v) is 14.3. The molecule has 0 fully saturated rings. The summed E-state index contributed by atoms with van der Waals surface area (Å²) < 4.78 is 0. The van der Waals surface area contributed by atoms with Crippen LogP contribution < -0.4 is 5.32 Å². The second-order valence-electron chi connectivity index (χ2n) is 6.59. The van der Waals surface area contributed by atoms with Gasteiger partial charge in [-0.15, -0.1) is 0 Å². The van der Waals surface area contributed by atoms with Crippen LogP contribution in [0.2, 0.25) is 0 Å². The Morgan fingerprint density at radius 1 is 1.00 bits per heavy atom. The van der Waals surface area contributed by atoms with E-state index in [1.165, 1.54) is 0 Å².